The van der Waals surface area contributed by atoms with E-state index in [1.165, 1.54) is 6.92 Å². The summed E-state index contributed by atoms with van der Waals surface area (Å²) in [4.78, 5) is 28.0. The quantitative estimate of drug-likeness (QED) is 0.355. The van der Waals surface area contributed by atoms with E-state index in [-0.39, 0.29) is 5.91 Å². The minimum absolute atomic E-state index is 0.0908. The van der Waals surface area contributed by atoms with Crippen molar-refractivity contribution in [2.45, 2.75) is 19.5 Å². The van der Waals surface area contributed by atoms with Gasteiger partial charge >= 0.3 is 12.1 Å². The summed E-state index contributed by atoms with van der Waals surface area (Å²) in [6, 6.07) is 23.3. The molecule has 0 fully saturated rings. The van der Waals surface area contributed by atoms with Crippen molar-refractivity contribution in [2.75, 3.05) is 5.32 Å². The molecule has 34 heavy (non-hydrogen) atoms. The zero-order valence-corrected chi connectivity index (χ0v) is 17.9. The zero-order valence-electron chi connectivity index (χ0n) is 17.9. The van der Waals surface area contributed by atoms with E-state index >= 15 is 0 Å². The van der Waals surface area contributed by atoms with Crippen LogP contribution in [0.2, 0.25) is 0 Å². The molecule has 0 saturated heterocycles. The first-order valence-electron chi connectivity index (χ1n) is 9.98. The van der Waals surface area contributed by atoms with Crippen molar-refractivity contribution >= 4 is 28.6 Å². The number of amides is 1. The minimum Gasteiger partial charge on any atom is -0.475 e. The molecule has 3 aromatic carbocycles. The maximum atomic E-state index is 11.2. The van der Waals surface area contributed by atoms with E-state index in [1.54, 1.807) is 0 Å². The lowest BCUT2D eigenvalue weighted by Gasteiger charge is -2.06. The maximum Gasteiger partial charge on any atom is 0.490 e. The van der Waals surface area contributed by atoms with Crippen molar-refractivity contribution in [3.8, 4) is 11.5 Å². The third kappa shape index (κ3) is 7.09. The molecule has 0 radical (unpaired) electrons. The van der Waals surface area contributed by atoms with E-state index in [9.17, 15) is 18.0 Å². The van der Waals surface area contributed by atoms with Crippen LogP contribution in [-0.2, 0) is 16.0 Å². The number of para-hydroxylation sites is 1. The van der Waals surface area contributed by atoms with Crippen LogP contribution in [0.1, 0.15) is 18.3 Å². The van der Waals surface area contributed by atoms with Gasteiger partial charge in [0.15, 0.2) is 0 Å². The molecule has 1 aromatic heterocycles. The molecule has 0 bridgehead atoms. The number of alkyl halides is 3. The number of anilines is 1. The summed E-state index contributed by atoms with van der Waals surface area (Å²) >= 11 is 0. The Bertz CT molecular complexity index is 1270. The fourth-order valence-electron chi connectivity index (χ4n) is 2.92. The Balaban J connectivity index is 0.000000406. The minimum atomic E-state index is -5.08. The first-order chi connectivity index (χ1) is 16.1. The molecule has 0 aliphatic rings. The van der Waals surface area contributed by atoms with Crippen LogP contribution in [0.25, 0.3) is 11.0 Å². The van der Waals surface area contributed by atoms with Crippen molar-refractivity contribution in [1.29, 1.82) is 0 Å². The van der Waals surface area contributed by atoms with Crippen molar-refractivity contribution in [2.24, 2.45) is 0 Å². The number of rotatable bonds is 5. The Kier molecular flexibility index (Phi) is 7.52. The van der Waals surface area contributed by atoms with Crippen molar-refractivity contribution in [3.05, 3.63) is 84.2 Å². The summed E-state index contributed by atoms with van der Waals surface area (Å²) in [6.45, 7) is 1.49. The highest BCUT2D eigenvalue weighted by Gasteiger charge is 2.38. The van der Waals surface area contributed by atoms with E-state index < -0.39 is 12.1 Å². The molecule has 7 nitrogen and oxygen atoms in total. The number of hydrogen-bond acceptors (Lipinski definition) is 4. The normalized spacial score (nSPS) is 10.8. The van der Waals surface area contributed by atoms with E-state index in [1.807, 2.05) is 72.8 Å². The lowest BCUT2D eigenvalue weighted by atomic mass is 10.1. The number of nitrogens with one attached hydrogen (secondary N) is 2. The summed E-state index contributed by atoms with van der Waals surface area (Å²) in [5, 5.41) is 9.91. The number of carbonyl (C=O) groups excluding carboxylic acids is 1. The predicted molar refractivity (Wildman–Crippen MR) is 120 cm³/mol. The molecule has 0 aliphatic carbocycles. The SMILES string of the molecule is CC(=O)Nc1ccc2nc(Cc3ccc(Oc4ccccc4)cc3)[nH]c2c1.O=C(O)C(F)(F)F. The van der Waals surface area contributed by atoms with Crippen LogP contribution >= 0.6 is 0 Å². The number of fused-ring (bicyclic) bond motifs is 1. The fraction of sp³-hybridized carbons (Fsp3) is 0.125. The van der Waals surface area contributed by atoms with E-state index in [2.05, 4.69) is 15.3 Å². The molecule has 1 amide bonds. The summed E-state index contributed by atoms with van der Waals surface area (Å²) < 4.78 is 37.6. The number of H-pyrrole nitrogens is 1. The first kappa shape index (κ1) is 24.3. The van der Waals surface area contributed by atoms with Crippen LogP contribution in [0.3, 0.4) is 0 Å². The second kappa shape index (κ2) is 10.5. The average molecular weight is 471 g/mol. The number of carboxylic acid groups (broad SMARTS) is 1. The van der Waals surface area contributed by atoms with Gasteiger partial charge in [-0.15, -0.1) is 0 Å². The number of hydrogen-bond donors (Lipinski definition) is 3. The number of nitrogens with zero attached hydrogens (tertiary/aromatic N) is 1. The van der Waals surface area contributed by atoms with Crippen LogP contribution in [0.5, 0.6) is 11.5 Å². The van der Waals surface area contributed by atoms with Gasteiger partial charge in [-0.3, -0.25) is 4.79 Å². The summed E-state index contributed by atoms with van der Waals surface area (Å²) in [5.74, 6) is -0.354. The Morgan fingerprint density at radius 3 is 2.21 bits per heavy atom. The molecule has 0 spiro atoms. The largest absolute Gasteiger partial charge is 0.490 e. The van der Waals surface area contributed by atoms with Gasteiger partial charge in [0.2, 0.25) is 5.91 Å². The highest BCUT2D eigenvalue weighted by molar-refractivity contribution is 5.91. The number of halogens is 3. The molecule has 0 aliphatic heterocycles. The van der Waals surface area contributed by atoms with Crippen LogP contribution in [0, 0.1) is 0 Å². The predicted octanol–water partition coefficient (Wildman–Crippen LogP) is 5.54. The summed E-state index contributed by atoms with van der Waals surface area (Å²) in [5.41, 5.74) is 3.67. The Morgan fingerprint density at radius 1 is 1.00 bits per heavy atom. The number of carboxylic acids is 1. The highest BCUT2D eigenvalue weighted by Crippen LogP contribution is 2.23. The maximum absolute atomic E-state index is 11.2. The molecule has 10 heteroatoms. The van der Waals surface area contributed by atoms with Crippen LogP contribution in [0.15, 0.2) is 72.8 Å². The molecular weight excluding hydrogens is 451 g/mol. The van der Waals surface area contributed by atoms with E-state index in [0.717, 1.165) is 39.6 Å². The van der Waals surface area contributed by atoms with Gasteiger partial charge in [-0.25, -0.2) is 9.78 Å². The van der Waals surface area contributed by atoms with Gasteiger partial charge in [0.25, 0.3) is 0 Å². The van der Waals surface area contributed by atoms with Crippen molar-refractivity contribution < 1.29 is 32.6 Å². The number of aromatic amines is 1. The second-order valence-corrected chi connectivity index (χ2v) is 7.14. The van der Waals surface area contributed by atoms with Gasteiger partial charge < -0.3 is 20.1 Å². The monoisotopic (exact) mass is 471 g/mol. The molecule has 0 unspecified atom stereocenters. The summed E-state index contributed by atoms with van der Waals surface area (Å²) in [7, 11) is 0. The van der Waals surface area contributed by atoms with Crippen molar-refractivity contribution in [3.63, 3.8) is 0 Å². The zero-order chi connectivity index (χ0) is 24.7. The van der Waals surface area contributed by atoms with Gasteiger partial charge in [0.1, 0.15) is 17.3 Å². The number of benzene rings is 3. The Morgan fingerprint density at radius 2 is 1.62 bits per heavy atom. The Labute approximate surface area is 192 Å². The number of aliphatic carboxylic acids is 1. The molecule has 4 aromatic rings. The smallest absolute Gasteiger partial charge is 0.475 e. The molecule has 3 N–H and O–H groups in total. The van der Waals surface area contributed by atoms with Gasteiger partial charge in [0, 0.05) is 19.0 Å². The fourth-order valence-corrected chi connectivity index (χ4v) is 2.92. The number of ether oxygens (including phenoxy) is 1. The highest BCUT2D eigenvalue weighted by atomic mass is 19.4. The van der Waals surface area contributed by atoms with Crippen LogP contribution in [-0.4, -0.2) is 33.1 Å². The number of carbonyl (C=O) groups is 2. The van der Waals surface area contributed by atoms with Gasteiger partial charge in [0.05, 0.1) is 11.0 Å². The number of imidazole rings is 1. The molecule has 0 saturated carbocycles. The average Bonchev–Trinajstić information content (AvgIpc) is 3.17. The second-order valence-electron chi connectivity index (χ2n) is 7.14. The van der Waals surface area contributed by atoms with Crippen LogP contribution < -0.4 is 10.1 Å². The lowest BCUT2D eigenvalue weighted by Crippen LogP contribution is -2.21. The lowest BCUT2D eigenvalue weighted by molar-refractivity contribution is -0.192. The Hall–Kier alpha value is -4.34. The standard InChI is InChI=1S/C22H19N3O2.C2HF3O2/c1-15(26)23-17-9-12-20-21(14-17)25-22(24-20)13-16-7-10-19(11-8-16)27-18-5-3-2-4-6-18;3-2(4,5)1(6)7/h2-12,14H,13H2,1H3,(H,23,26)(H,24,25);(H,6,7). The molecule has 176 valence electrons. The third-order valence-corrected chi connectivity index (χ3v) is 4.37. The van der Waals surface area contributed by atoms with Crippen LogP contribution in [0.4, 0.5) is 18.9 Å². The van der Waals surface area contributed by atoms with E-state index in [0.29, 0.717) is 6.42 Å². The number of aromatic nitrogens is 2. The van der Waals surface area contributed by atoms with Gasteiger partial charge in [-0.1, -0.05) is 30.3 Å². The van der Waals surface area contributed by atoms with Gasteiger partial charge in [-0.05, 0) is 48.0 Å². The van der Waals surface area contributed by atoms with Crippen molar-refractivity contribution in [1.82, 2.24) is 9.97 Å². The topological polar surface area (TPSA) is 104 Å². The molecule has 4 rings (SSSR count). The van der Waals surface area contributed by atoms with Gasteiger partial charge in [-0.2, -0.15) is 13.2 Å². The molecular formula is C24H20F3N3O4. The third-order valence-electron chi connectivity index (χ3n) is 4.37. The first-order valence-corrected chi connectivity index (χ1v) is 9.98. The molecule has 1 heterocycles. The van der Waals surface area contributed by atoms with E-state index in [4.69, 9.17) is 14.6 Å². The summed E-state index contributed by atoms with van der Waals surface area (Å²) in [6.07, 6.45) is -4.39. The molecule has 0 atom stereocenters.